The molecule has 0 bridgehead atoms. The van der Waals surface area contributed by atoms with E-state index in [0.29, 0.717) is 10.6 Å². The smallest absolute Gasteiger partial charge is 0.251 e. The summed E-state index contributed by atoms with van der Waals surface area (Å²) in [5.74, 6) is -0.421. The molecule has 0 unspecified atom stereocenters. The minimum absolute atomic E-state index is 0.157. The van der Waals surface area contributed by atoms with Crippen LogP contribution >= 0.6 is 23.6 Å². The van der Waals surface area contributed by atoms with Crippen LogP contribution in [0.1, 0.15) is 47.5 Å². The first-order chi connectivity index (χ1) is 8.51. The zero-order valence-electron chi connectivity index (χ0n) is 10.7. The molecule has 4 nitrogen and oxygen atoms in total. The monoisotopic (exact) mass is 285 g/mol. The lowest BCUT2D eigenvalue weighted by molar-refractivity contribution is 0.100. The van der Waals surface area contributed by atoms with E-state index in [1.54, 1.807) is 0 Å². The number of thiophene rings is 1. The van der Waals surface area contributed by atoms with E-state index in [0.717, 1.165) is 31.2 Å². The summed E-state index contributed by atoms with van der Waals surface area (Å²) in [6.07, 6.45) is 3.80. The van der Waals surface area contributed by atoms with Crippen LogP contribution in [0.25, 0.3) is 0 Å². The summed E-state index contributed by atoms with van der Waals surface area (Å²) in [6.45, 7) is 4.19. The molecule has 0 saturated heterocycles. The number of carbonyl (C=O) groups excluding carboxylic acids is 1. The van der Waals surface area contributed by atoms with Gasteiger partial charge in [-0.05, 0) is 30.6 Å². The number of anilines is 1. The Balaban J connectivity index is 3.28. The van der Waals surface area contributed by atoms with Gasteiger partial charge in [-0.1, -0.05) is 26.7 Å². The molecule has 5 N–H and O–H groups in total. The molecule has 1 aromatic heterocycles. The summed E-state index contributed by atoms with van der Waals surface area (Å²) in [5, 5.41) is 3.70. The van der Waals surface area contributed by atoms with Crippen LogP contribution in [0.5, 0.6) is 0 Å². The average Bonchev–Trinajstić information content (AvgIpc) is 2.57. The highest BCUT2D eigenvalue weighted by Crippen LogP contribution is 2.35. The molecule has 0 aromatic carbocycles. The maximum atomic E-state index is 11.6. The van der Waals surface area contributed by atoms with Gasteiger partial charge in [0.05, 0.1) is 5.56 Å². The van der Waals surface area contributed by atoms with Crippen LogP contribution < -0.4 is 16.8 Å². The van der Waals surface area contributed by atoms with E-state index >= 15 is 0 Å². The number of amides is 1. The van der Waals surface area contributed by atoms with Gasteiger partial charge in [0.1, 0.15) is 5.00 Å². The van der Waals surface area contributed by atoms with Crippen molar-refractivity contribution < 1.29 is 4.79 Å². The Labute approximate surface area is 117 Å². The van der Waals surface area contributed by atoms with Crippen molar-refractivity contribution in [3.8, 4) is 0 Å². The van der Waals surface area contributed by atoms with Crippen LogP contribution in [-0.2, 0) is 12.8 Å². The van der Waals surface area contributed by atoms with Gasteiger partial charge < -0.3 is 16.8 Å². The Kier molecular flexibility index (Phi) is 5.55. The van der Waals surface area contributed by atoms with Crippen molar-refractivity contribution >= 4 is 39.6 Å². The molecule has 1 heterocycles. The van der Waals surface area contributed by atoms with Gasteiger partial charge in [0.25, 0.3) is 5.91 Å². The fourth-order valence-electron chi connectivity index (χ4n) is 1.92. The van der Waals surface area contributed by atoms with Crippen LogP contribution in [0, 0.1) is 0 Å². The number of rotatable bonds is 6. The van der Waals surface area contributed by atoms with Crippen molar-refractivity contribution in [3.63, 3.8) is 0 Å². The van der Waals surface area contributed by atoms with E-state index in [2.05, 4.69) is 19.2 Å². The number of primary amides is 1. The molecule has 0 aliphatic heterocycles. The third kappa shape index (κ3) is 3.43. The first-order valence-electron chi connectivity index (χ1n) is 6.02. The molecule has 0 atom stereocenters. The van der Waals surface area contributed by atoms with Crippen molar-refractivity contribution in [2.24, 2.45) is 11.5 Å². The van der Waals surface area contributed by atoms with Crippen LogP contribution in [0.3, 0.4) is 0 Å². The Bertz CT molecular complexity index is 454. The molecule has 1 aromatic rings. The van der Waals surface area contributed by atoms with Crippen LogP contribution in [0.4, 0.5) is 5.00 Å². The molecular weight excluding hydrogens is 266 g/mol. The lowest BCUT2D eigenvalue weighted by Gasteiger charge is -2.05. The largest absolute Gasteiger partial charge is 0.376 e. The Morgan fingerprint density at radius 2 is 1.89 bits per heavy atom. The molecular formula is C12H19N3OS2. The minimum atomic E-state index is -0.421. The third-order valence-corrected chi connectivity index (χ3v) is 3.86. The lowest BCUT2D eigenvalue weighted by Crippen LogP contribution is -2.21. The number of thiocarbonyl (C=S) groups is 1. The highest BCUT2D eigenvalue weighted by atomic mass is 32.1. The van der Waals surface area contributed by atoms with Crippen LogP contribution in [0.15, 0.2) is 0 Å². The topological polar surface area (TPSA) is 81.1 Å². The second-order valence-corrected chi connectivity index (χ2v) is 5.61. The van der Waals surface area contributed by atoms with E-state index < -0.39 is 5.91 Å². The molecule has 18 heavy (non-hydrogen) atoms. The van der Waals surface area contributed by atoms with Crippen LogP contribution in [-0.4, -0.2) is 11.0 Å². The Morgan fingerprint density at radius 3 is 2.33 bits per heavy atom. The molecule has 0 radical (unpaired) electrons. The molecule has 6 heteroatoms. The predicted octanol–water partition coefficient (Wildman–Crippen LogP) is 2.41. The van der Waals surface area contributed by atoms with Gasteiger partial charge in [-0.2, -0.15) is 0 Å². The quantitative estimate of drug-likeness (QED) is 0.701. The molecule has 100 valence electrons. The van der Waals surface area contributed by atoms with Gasteiger partial charge in [-0.3, -0.25) is 4.79 Å². The van der Waals surface area contributed by atoms with Gasteiger partial charge in [0.2, 0.25) is 0 Å². The number of carbonyl (C=O) groups is 1. The number of aryl methyl sites for hydroxylation is 1. The maximum Gasteiger partial charge on any atom is 0.251 e. The van der Waals surface area contributed by atoms with Gasteiger partial charge in [0.15, 0.2) is 5.11 Å². The van der Waals surface area contributed by atoms with Crippen molar-refractivity contribution in [1.29, 1.82) is 0 Å². The molecule has 1 amide bonds. The zero-order valence-corrected chi connectivity index (χ0v) is 12.3. The summed E-state index contributed by atoms with van der Waals surface area (Å²) in [5.41, 5.74) is 12.6. The third-order valence-electron chi connectivity index (χ3n) is 2.55. The van der Waals surface area contributed by atoms with Crippen LogP contribution in [0.2, 0.25) is 0 Å². The lowest BCUT2D eigenvalue weighted by atomic mass is 10.0. The van der Waals surface area contributed by atoms with E-state index in [-0.39, 0.29) is 5.11 Å². The Morgan fingerprint density at radius 1 is 1.28 bits per heavy atom. The van der Waals surface area contributed by atoms with Gasteiger partial charge >= 0.3 is 0 Å². The minimum Gasteiger partial charge on any atom is -0.376 e. The first-order valence-corrected chi connectivity index (χ1v) is 7.24. The summed E-state index contributed by atoms with van der Waals surface area (Å²) in [7, 11) is 0. The zero-order chi connectivity index (χ0) is 13.7. The van der Waals surface area contributed by atoms with E-state index in [1.807, 2.05) is 0 Å². The second kappa shape index (κ2) is 6.70. The number of nitrogens with one attached hydrogen (secondary N) is 1. The van der Waals surface area contributed by atoms with Crippen molar-refractivity contribution in [2.75, 3.05) is 5.32 Å². The fourth-order valence-corrected chi connectivity index (χ4v) is 3.45. The summed E-state index contributed by atoms with van der Waals surface area (Å²) in [6, 6.07) is 0. The van der Waals surface area contributed by atoms with Crippen molar-refractivity contribution in [2.45, 2.75) is 39.5 Å². The molecule has 0 aliphatic rings. The molecule has 1 rings (SSSR count). The van der Waals surface area contributed by atoms with Gasteiger partial charge in [0, 0.05) is 4.88 Å². The summed E-state index contributed by atoms with van der Waals surface area (Å²) in [4.78, 5) is 12.8. The molecule has 0 spiro atoms. The normalized spacial score (nSPS) is 10.3. The van der Waals surface area contributed by atoms with E-state index in [1.165, 1.54) is 16.2 Å². The predicted molar refractivity (Wildman–Crippen MR) is 81.2 cm³/mol. The molecule has 0 aliphatic carbocycles. The van der Waals surface area contributed by atoms with Gasteiger partial charge in [-0.15, -0.1) is 11.3 Å². The first kappa shape index (κ1) is 14.9. The summed E-state index contributed by atoms with van der Waals surface area (Å²) >= 11 is 6.35. The van der Waals surface area contributed by atoms with E-state index in [4.69, 9.17) is 23.7 Å². The number of nitrogens with two attached hydrogens (primary N) is 2. The molecule has 0 saturated carbocycles. The van der Waals surface area contributed by atoms with E-state index in [9.17, 15) is 4.79 Å². The fraction of sp³-hybridized carbons (Fsp3) is 0.500. The highest BCUT2D eigenvalue weighted by molar-refractivity contribution is 7.80. The number of hydrogen-bond acceptors (Lipinski definition) is 3. The second-order valence-electron chi connectivity index (χ2n) is 4.06. The maximum absolute atomic E-state index is 11.6. The highest BCUT2D eigenvalue weighted by Gasteiger charge is 2.21. The summed E-state index contributed by atoms with van der Waals surface area (Å²) < 4.78 is 0. The van der Waals surface area contributed by atoms with Gasteiger partial charge in [-0.25, -0.2) is 0 Å². The van der Waals surface area contributed by atoms with Crippen molar-refractivity contribution in [1.82, 2.24) is 0 Å². The average molecular weight is 285 g/mol. The number of hydrogen-bond donors (Lipinski definition) is 3. The van der Waals surface area contributed by atoms with Crippen molar-refractivity contribution in [3.05, 3.63) is 16.0 Å². The SMILES string of the molecule is CCCc1sc(NC(N)=S)c(C(N)=O)c1CCC. The standard InChI is InChI=1S/C12H19N3OS2/c1-3-5-7-8(6-4-2)18-11(15-12(14)17)9(7)10(13)16/h3-6H2,1-2H3,(H2,13,16)(H3,14,15,17). The Hall–Kier alpha value is -1.14. The molecule has 0 fully saturated rings.